The number of methoxy groups -OCH3 is 1. The van der Waals surface area contributed by atoms with Gasteiger partial charge in [-0.3, -0.25) is 0 Å². The Morgan fingerprint density at radius 2 is 2.23 bits per heavy atom. The molecule has 0 bridgehead atoms. The molecule has 0 saturated heterocycles. The van der Waals surface area contributed by atoms with Crippen LogP contribution in [-0.2, 0) is 6.42 Å². The summed E-state index contributed by atoms with van der Waals surface area (Å²) in [6.07, 6.45) is 0.277. The van der Waals surface area contributed by atoms with Gasteiger partial charge in [-0.15, -0.1) is 0 Å². The molecule has 0 unspecified atom stereocenters. The summed E-state index contributed by atoms with van der Waals surface area (Å²) in [6, 6.07) is 5.50. The van der Waals surface area contributed by atoms with E-state index >= 15 is 0 Å². The molecule has 0 radical (unpaired) electrons. The van der Waals surface area contributed by atoms with Gasteiger partial charge in [0, 0.05) is 0 Å². The van der Waals surface area contributed by atoms with Gasteiger partial charge in [-0.2, -0.15) is 0 Å². The highest BCUT2D eigenvalue weighted by Crippen LogP contribution is 2.25. The summed E-state index contributed by atoms with van der Waals surface area (Å²) in [5, 5.41) is 9.76. The van der Waals surface area contributed by atoms with Crippen molar-refractivity contribution < 1.29 is 9.84 Å². The van der Waals surface area contributed by atoms with Gasteiger partial charge in [-0.05, 0) is 31.0 Å². The molecule has 0 fully saturated rings. The lowest BCUT2D eigenvalue weighted by Crippen LogP contribution is -2.04. The molecule has 13 heavy (non-hydrogen) atoms. The Bertz CT molecular complexity index is 284. The minimum Gasteiger partial charge on any atom is -0.495 e. The average Bonchev–Trinajstić information content (AvgIpc) is 2.07. The fraction of sp³-hybridized carbons (Fsp3) is 0.400. The molecule has 1 N–H and O–H groups in total. The first-order chi connectivity index (χ1) is 6.13. The standard InChI is InChI=1S/C10H13ClO2/c1-7(12)5-8-3-4-9(11)10(6-8)13-2/h3-4,6-7,12H,5H2,1-2H3/t7-/m0/s1. The van der Waals surface area contributed by atoms with E-state index in [2.05, 4.69) is 0 Å². The van der Waals surface area contributed by atoms with Crippen molar-refractivity contribution >= 4 is 11.6 Å². The van der Waals surface area contributed by atoms with Crippen molar-refractivity contribution in [2.75, 3.05) is 7.11 Å². The summed E-state index contributed by atoms with van der Waals surface area (Å²) < 4.78 is 5.05. The molecule has 0 aliphatic rings. The van der Waals surface area contributed by atoms with Crippen molar-refractivity contribution in [1.29, 1.82) is 0 Å². The van der Waals surface area contributed by atoms with E-state index in [1.807, 2.05) is 12.1 Å². The van der Waals surface area contributed by atoms with Crippen LogP contribution in [0.2, 0.25) is 5.02 Å². The van der Waals surface area contributed by atoms with E-state index < -0.39 is 0 Å². The number of hydrogen-bond acceptors (Lipinski definition) is 2. The van der Waals surface area contributed by atoms with Crippen LogP contribution in [0.25, 0.3) is 0 Å². The Morgan fingerprint density at radius 1 is 1.54 bits per heavy atom. The van der Waals surface area contributed by atoms with Gasteiger partial charge in [-0.25, -0.2) is 0 Å². The second-order valence-corrected chi connectivity index (χ2v) is 3.43. The molecule has 0 spiro atoms. The smallest absolute Gasteiger partial charge is 0.137 e. The Labute approximate surface area is 83.1 Å². The maximum absolute atomic E-state index is 9.16. The predicted octanol–water partition coefficient (Wildman–Crippen LogP) is 2.27. The van der Waals surface area contributed by atoms with Gasteiger partial charge in [0.15, 0.2) is 0 Å². The zero-order chi connectivity index (χ0) is 9.84. The lowest BCUT2D eigenvalue weighted by atomic mass is 10.1. The summed E-state index contributed by atoms with van der Waals surface area (Å²) in [5.74, 6) is 0.653. The molecule has 0 aromatic heterocycles. The van der Waals surface area contributed by atoms with E-state index in [1.165, 1.54) is 0 Å². The van der Waals surface area contributed by atoms with E-state index in [9.17, 15) is 0 Å². The zero-order valence-corrected chi connectivity index (χ0v) is 8.51. The number of hydrogen-bond donors (Lipinski definition) is 1. The van der Waals surface area contributed by atoms with Crippen LogP contribution >= 0.6 is 11.6 Å². The number of benzene rings is 1. The Balaban J connectivity index is 2.86. The number of rotatable bonds is 3. The van der Waals surface area contributed by atoms with Crippen molar-refractivity contribution in [2.24, 2.45) is 0 Å². The molecule has 1 rings (SSSR count). The highest BCUT2D eigenvalue weighted by Gasteiger charge is 2.03. The molecule has 1 atom stereocenters. The van der Waals surface area contributed by atoms with Crippen LogP contribution in [0.4, 0.5) is 0 Å². The second-order valence-electron chi connectivity index (χ2n) is 3.02. The number of aliphatic hydroxyl groups excluding tert-OH is 1. The Morgan fingerprint density at radius 3 is 2.77 bits per heavy atom. The normalized spacial score (nSPS) is 12.6. The molecule has 2 nitrogen and oxygen atoms in total. The molecule has 0 saturated carbocycles. The van der Waals surface area contributed by atoms with Gasteiger partial charge >= 0.3 is 0 Å². The molecule has 0 amide bonds. The van der Waals surface area contributed by atoms with Gasteiger partial charge in [-0.1, -0.05) is 17.7 Å². The van der Waals surface area contributed by atoms with Crippen molar-refractivity contribution in [3.05, 3.63) is 28.8 Å². The molecule has 1 aromatic carbocycles. The topological polar surface area (TPSA) is 29.5 Å². The quantitative estimate of drug-likeness (QED) is 0.811. The predicted molar refractivity (Wildman–Crippen MR) is 53.4 cm³/mol. The minimum absolute atomic E-state index is 0.342. The van der Waals surface area contributed by atoms with Crippen molar-refractivity contribution in [2.45, 2.75) is 19.4 Å². The minimum atomic E-state index is -0.342. The SMILES string of the molecule is COc1cc(C[C@H](C)O)ccc1Cl. The van der Waals surface area contributed by atoms with Gasteiger partial charge < -0.3 is 9.84 Å². The number of aliphatic hydroxyl groups is 1. The van der Waals surface area contributed by atoms with Crippen LogP contribution in [-0.4, -0.2) is 18.3 Å². The van der Waals surface area contributed by atoms with E-state index in [1.54, 1.807) is 20.1 Å². The lowest BCUT2D eigenvalue weighted by molar-refractivity contribution is 0.195. The monoisotopic (exact) mass is 200 g/mol. The molecular weight excluding hydrogens is 188 g/mol. The van der Waals surface area contributed by atoms with E-state index in [0.29, 0.717) is 17.2 Å². The van der Waals surface area contributed by atoms with Crippen LogP contribution < -0.4 is 4.74 Å². The molecular formula is C10H13ClO2. The fourth-order valence-electron chi connectivity index (χ4n) is 1.17. The summed E-state index contributed by atoms with van der Waals surface area (Å²) >= 11 is 5.85. The van der Waals surface area contributed by atoms with E-state index in [4.69, 9.17) is 21.4 Å². The van der Waals surface area contributed by atoms with Gasteiger partial charge in [0.25, 0.3) is 0 Å². The third kappa shape index (κ3) is 2.90. The summed E-state index contributed by atoms with van der Waals surface area (Å²) in [5.41, 5.74) is 1.02. The van der Waals surface area contributed by atoms with Gasteiger partial charge in [0.1, 0.15) is 5.75 Å². The van der Waals surface area contributed by atoms with Crippen LogP contribution in [0.5, 0.6) is 5.75 Å². The molecule has 0 heterocycles. The van der Waals surface area contributed by atoms with Crippen LogP contribution in [0, 0.1) is 0 Å². The average molecular weight is 201 g/mol. The second kappa shape index (κ2) is 4.49. The number of halogens is 1. The summed E-state index contributed by atoms with van der Waals surface area (Å²) in [4.78, 5) is 0. The van der Waals surface area contributed by atoms with Crippen LogP contribution in [0.3, 0.4) is 0 Å². The lowest BCUT2D eigenvalue weighted by Gasteiger charge is -2.07. The molecule has 1 aromatic rings. The Kier molecular flexibility index (Phi) is 3.58. The Hall–Kier alpha value is -0.730. The maximum atomic E-state index is 9.16. The highest BCUT2D eigenvalue weighted by molar-refractivity contribution is 6.32. The van der Waals surface area contributed by atoms with E-state index in [0.717, 1.165) is 5.56 Å². The fourth-order valence-corrected chi connectivity index (χ4v) is 1.37. The van der Waals surface area contributed by atoms with Gasteiger partial charge in [0.05, 0.1) is 18.2 Å². The van der Waals surface area contributed by atoms with Gasteiger partial charge in [0.2, 0.25) is 0 Å². The first kappa shape index (κ1) is 10.4. The third-order valence-electron chi connectivity index (χ3n) is 1.75. The largest absolute Gasteiger partial charge is 0.495 e. The summed E-state index contributed by atoms with van der Waals surface area (Å²) in [6.45, 7) is 1.75. The van der Waals surface area contributed by atoms with Crippen LogP contribution in [0.1, 0.15) is 12.5 Å². The van der Waals surface area contributed by atoms with Crippen molar-refractivity contribution in [3.8, 4) is 5.75 Å². The molecule has 0 aliphatic heterocycles. The van der Waals surface area contributed by atoms with Crippen LogP contribution in [0.15, 0.2) is 18.2 Å². The third-order valence-corrected chi connectivity index (χ3v) is 2.06. The summed E-state index contributed by atoms with van der Waals surface area (Å²) in [7, 11) is 1.58. The molecule has 3 heteroatoms. The maximum Gasteiger partial charge on any atom is 0.137 e. The van der Waals surface area contributed by atoms with Crippen molar-refractivity contribution in [3.63, 3.8) is 0 Å². The molecule has 0 aliphatic carbocycles. The molecule has 72 valence electrons. The first-order valence-electron chi connectivity index (χ1n) is 4.14. The van der Waals surface area contributed by atoms with Crippen molar-refractivity contribution in [1.82, 2.24) is 0 Å². The number of ether oxygens (including phenoxy) is 1. The first-order valence-corrected chi connectivity index (χ1v) is 4.51. The highest BCUT2D eigenvalue weighted by atomic mass is 35.5. The zero-order valence-electron chi connectivity index (χ0n) is 7.75. The van der Waals surface area contributed by atoms with E-state index in [-0.39, 0.29) is 6.10 Å².